The summed E-state index contributed by atoms with van der Waals surface area (Å²) in [7, 11) is 0. The number of pyridine rings is 1. The molecule has 1 amide bonds. The number of nitrogens with one attached hydrogen (secondary N) is 1. The van der Waals surface area contributed by atoms with Gasteiger partial charge in [-0.3, -0.25) is 9.78 Å². The van der Waals surface area contributed by atoms with Crippen molar-refractivity contribution in [2.75, 3.05) is 6.54 Å². The van der Waals surface area contributed by atoms with Gasteiger partial charge in [-0.1, -0.05) is 56.7 Å². The van der Waals surface area contributed by atoms with E-state index in [2.05, 4.69) is 16.4 Å². The van der Waals surface area contributed by atoms with E-state index in [1.54, 1.807) is 12.1 Å². The number of aromatic nitrogens is 1. The highest BCUT2D eigenvalue weighted by Crippen LogP contribution is 2.25. The highest BCUT2D eigenvalue weighted by Gasteiger charge is 2.11. The van der Waals surface area contributed by atoms with Gasteiger partial charge in [0.1, 0.15) is 0 Å². The van der Waals surface area contributed by atoms with Gasteiger partial charge in [-0.25, -0.2) is 0 Å². The molecule has 1 aliphatic carbocycles. The SMILES string of the molecule is NC(=O)c1cccc(-c2ccc(CNCCC3CCCCCC3)cn2)c1. The highest BCUT2D eigenvalue weighted by atomic mass is 16.1. The fourth-order valence-electron chi connectivity index (χ4n) is 3.72. The molecule has 0 spiro atoms. The monoisotopic (exact) mass is 351 g/mol. The summed E-state index contributed by atoms with van der Waals surface area (Å²) in [6.07, 6.45) is 11.7. The number of benzene rings is 1. The second-order valence-corrected chi connectivity index (χ2v) is 7.32. The molecule has 0 bridgehead atoms. The smallest absolute Gasteiger partial charge is 0.248 e. The molecule has 1 heterocycles. The molecule has 138 valence electrons. The van der Waals surface area contributed by atoms with Crippen LogP contribution in [0.1, 0.15) is 60.9 Å². The topological polar surface area (TPSA) is 68.0 Å². The molecule has 4 heteroatoms. The maximum absolute atomic E-state index is 11.3. The molecule has 1 aromatic carbocycles. The lowest BCUT2D eigenvalue weighted by molar-refractivity contribution is 0.100. The van der Waals surface area contributed by atoms with Crippen molar-refractivity contribution in [3.05, 3.63) is 53.7 Å². The summed E-state index contributed by atoms with van der Waals surface area (Å²) >= 11 is 0. The number of rotatable bonds is 7. The number of nitrogens with zero attached hydrogens (tertiary/aromatic N) is 1. The van der Waals surface area contributed by atoms with E-state index in [-0.39, 0.29) is 0 Å². The molecule has 2 aromatic rings. The van der Waals surface area contributed by atoms with Crippen molar-refractivity contribution in [2.45, 2.75) is 51.5 Å². The van der Waals surface area contributed by atoms with Crippen LogP contribution in [-0.4, -0.2) is 17.4 Å². The number of hydrogen-bond acceptors (Lipinski definition) is 3. The molecule has 0 aliphatic heterocycles. The van der Waals surface area contributed by atoms with E-state index in [1.807, 2.05) is 24.4 Å². The second-order valence-electron chi connectivity index (χ2n) is 7.32. The summed E-state index contributed by atoms with van der Waals surface area (Å²) in [5.41, 5.74) is 8.80. The molecule has 1 aromatic heterocycles. The fourth-order valence-corrected chi connectivity index (χ4v) is 3.72. The van der Waals surface area contributed by atoms with Crippen LogP contribution in [0.5, 0.6) is 0 Å². The van der Waals surface area contributed by atoms with Crippen LogP contribution in [0, 0.1) is 5.92 Å². The third kappa shape index (κ3) is 5.40. The minimum atomic E-state index is -0.415. The molecule has 3 N–H and O–H groups in total. The molecule has 0 radical (unpaired) electrons. The van der Waals surface area contributed by atoms with E-state index >= 15 is 0 Å². The third-order valence-electron chi connectivity index (χ3n) is 5.30. The first-order valence-electron chi connectivity index (χ1n) is 9.78. The Morgan fingerprint density at radius 3 is 2.62 bits per heavy atom. The van der Waals surface area contributed by atoms with E-state index in [9.17, 15) is 4.79 Å². The Morgan fingerprint density at radius 1 is 1.12 bits per heavy atom. The zero-order valence-corrected chi connectivity index (χ0v) is 15.4. The van der Waals surface area contributed by atoms with Crippen molar-refractivity contribution < 1.29 is 4.79 Å². The normalized spacial score (nSPS) is 15.5. The minimum absolute atomic E-state index is 0.415. The van der Waals surface area contributed by atoms with Crippen LogP contribution in [0.25, 0.3) is 11.3 Å². The molecular weight excluding hydrogens is 322 g/mol. The first-order valence-corrected chi connectivity index (χ1v) is 9.78. The highest BCUT2D eigenvalue weighted by molar-refractivity contribution is 5.93. The van der Waals surface area contributed by atoms with Crippen molar-refractivity contribution in [3.63, 3.8) is 0 Å². The minimum Gasteiger partial charge on any atom is -0.366 e. The summed E-state index contributed by atoms with van der Waals surface area (Å²) in [5, 5.41) is 3.55. The summed E-state index contributed by atoms with van der Waals surface area (Å²) in [6, 6.07) is 11.4. The predicted octanol–water partition coefficient (Wildman–Crippen LogP) is 4.30. The summed E-state index contributed by atoms with van der Waals surface area (Å²) < 4.78 is 0. The molecule has 3 rings (SSSR count). The van der Waals surface area contributed by atoms with Crippen molar-refractivity contribution >= 4 is 5.91 Å². The third-order valence-corrected chi connectivity index (χ3v) is 5.30. The van der Waals surface area contributed by atoms with Gasteiger partial charge >= 0.3 is 0 Å². The van der Waals surface area contributed by atoms with E-state index in [0.29, 0.717) is 5.56 Å². The van der Waals surface area contributed by atoms with Gasteiger partial charge in [0.05, 0.1) is 5.69 Å². The van der Waals surface area contributed by atoms with Gasteiger partial charge in [0.25, 0.3) is 0 Å². The van der Waals surface area contributed by atoms with E-state index in [4.69, 9.17) is 5.73 Å². The van der Waals surface area contributed by atoms with Crippen LogP contribution in [0.3, 0.4) is 0 Å². The molecule has 1 saturated carbocycles. The Balaban J connectivity index is 1.48. The molecule has 1 fully saturated rings. The zero-order chi connectivity index (χ0) is 18.2. The Bertz CT molecular complexity index is 704. The van der Waals surface area contributed by atoms with Crippen LogP contribution in [0.4, 0.5) is 0 Å². The lowest BCUT2D eigenvalue weighted by atomic mass is 9.97. The van der Waals surface area contributed by atoms with Crippen molar-refractivity contribution in [1.82, 2.24) is 10.3 Å². The van der Waals surface area contributed by atoms with Crippen LogP contribution >= 0.6 is 0 Å². The first kappa shape index (κ1) is 18.6. The first-order chi connectivity index (χ1) is 12.7. The van der Waals surface area contributed by atoms with E-state index < -0.39 is 5.91 Å². The Hall–Kier alpha value is -2.20. The van der Waals surface area contributed by atoms with E-state index in [0.717, 1.165) is 30.3 Å². The Morgan fingerprint density at radius 2 is 1.92 bits per heavy atom. The lowest BCUT2D eigenvalue weighted by Gasteiger charge is -2.14. The average Bonchev–Trinajstić information content (AvgIpc) is 2.95. The van der Waals surface area contributed by atoms with Gasteiger partial charge in [0.2, 0.25) is 5.91 Å². The largest absolute Gasteiger partial charge is 0.366 e. The van der Waals surface area contributed by atoms with Crippen LogP contribution in [0.2, 0.25) is 0 Å². The molecule has 26 heavy (non-hydrogen) atoms. The zero-order valence-electron chi connectivity index (χ0n) is 15.4. The van der Waals surface area contributed by atoms with Crippen molar-refractivity contribution in [2.24, 2.45) is 11.7 Å². The van der Waals surface area contributed by atoms with Crippen LogP contribution < -0.4 is 11.1 Å². The van der Waals surface area contributed by atoms with Gasteiger partial charge < -0.3 is 11.1 Å². The van der Waals surface area contributed by atoms with Gasteiger partial charge in [-0.15, -0.1) is 0 Å². The lowest BCUT2D eigenvalue weighted by Crippen LogP contribution is -2.18. The van der Waals surface area contributed by atoms with Crippen molar-refractivity contribution in [3.8, 4) is 11.3 Å². The quantitative estimate of drug-likeness (QED) is 0.577. The molecule has 0 unspecified atom stereocenters. The van der Waals surface area contributed by atoms with Crippen LogP contribution in [0.15, 0.2) is 42.6 Å². The second kappa shape index (κ2) is 9.48. The number of primary amides is 1. The average molecular weight is 351 g/mol. The molecule has 1 aliphatic rings. The molecule has 4 nitrogen and oxygen atoms in total. The number of hydrogen-bond donors (Lipinski definition) is 2. The van der Waals surface area contributed by atoms with Gasteiger partial charge in [0, 0.05) is 23.9 Å². The summed E-state index contributed by atoms with van der Waals surface area (Å²) in [6.45, 7) is 1.93. The molecule has 0 saturated heterocycles. The number of carbonyl (C=O) groups excluding carboxylic acids is 1. The molecular formula is C22H29N3O. The van der Waals surface area contributed by atoms with Gasteiger partial charge in [0.15, 0.2) is 0 Å². The van der Waals surface area contributed by atoms with Gasteiger partial charge in [-0.05, 0) is 42.6 Å². The van der Waals surface area contributed by atoms with Crippen molar-refractivity contribution in [1.29, 1.82) is 0 Å². The summed E-state index contributed by atoms with van der Waals surface area (Å²) in [4.78, 5) is 15.9. The maximum atomic E-state index is 11.3. The summed E-state index contributed by atoms with van der Waals surface area (Å²) in [5.74, 6) is 0.490. The standard InChI is InChI=1S/C22H29N3O/c23-22(26)20-9-5-8-19(14-20)21-11-10-18(16-25-21)15-24-13-12-17-6-3-1-2-4-7-17/h5,8-11,14,16-17,24H,1-4,6-7,12-13,15H2,(H2,23,26). The maximum Gasteiger partial charge on any atom is 0.248 e. The number of nitrogens with two attached hydrogens (primary N) is 1. The Kier molecular flexibility index (Phi) is 6.78. The predicted molar refractivity (Wildman–Crippen MR) is 106 cm³/mol. The molecule has 0 atom stereocenters. The Labute approximate surface area is 156 Å². The van der Waals surface area contributed by atoms with Gasteiger partial charge in [-0.2, -0.15) is 0 Å². The number of carbonyl (C=O) groups is 1. The number of amides is 1. The van der Waals surface area contributed by atoms with E-state index in [1.165, 1.54) is 50.5 Å². The fraction of sp³-hybridized carbons (Fsp3) is 0.455. The van der Waals surface area contributed by atoms with Crippen LogP contribution in [-0.2, 0) is 6.54 Å².